The number of ether oxygens (including phenoxy) is 2. The van der Waals surface area contributed by atoms with Gasteiger partial charge in [0.2, 0.25) is 0 Å². The fraction of sp³-hybridized carbons (Fsp3) is 0.619. The van der Waals surface area contributed by atoms with E-state index in [1.807, 2.05) is 12.1 Å². The second-order valence-corrected chi connectivity index (χ2v) is 7.48. The van der Waals surface area contributed by atoms with Crippen molar-refractivity contribution < 1.29 is 22.6 Å². The molecule has 26 heavy (non-hydrogen) atoms. The molecule has 1 aromatic carbocycles. The lowest BCUT2D eigenvalue weighted by Gasteiger charge is -2.19. The van der Waals surface area contributed by atoms with Crippen LogP contribution in [0, 0.1) is 18.8 Å². The molecular formula is C21H27F3O2. The predicted octanol–water partition coefficient (Wildman–Crippen LogP) is 6.36. The number of rotatable bonds is 8. The van der Waals surface area contributed by atoms with Gasteiger partial charge < -0.3 is 9.47 Å². The Labute approximate surface area is 153 Å². The molecular weight excluding hydrogens is 341 g/mol. The molecule has 2 fully saturated rings. The summed E-state index contributed by atoms with van der Waals surface area (Å²) in [6, 6.07) is 3.46. The van der Waals surface area contributed by atoms with Gasteiger partial charge in [0.15, 0.2) is 11.5 Å². The van der Waals surface area contributed by atoms with E-state index in [4.69, 9.17) is 4.74 Å². The molecule has 0 amide bonds. The molecule has 3 rings (SSSR count). The maximum absolute atomic E-state index is 12.9. The van der Waals surface area contributed by atoms with Crippen molar-refractivity contribution in [3.05, 3.63) is 35.4 Å². The average Bonchev–Trinajstić information content (AvgIpc) is 3.25. The smallest absolute Gasteiger partial charge is 0.490 e. The molecule has 0 bridgehead atoms. The van der Waals surface area contributed by atoms with Crippen molar-refractivity contribution >= 4 is 0 Å². The SMILES string of the molecule is Cc1c(C/C=C/C2CC2)ccc(OCCC2CCCC2)c1OC(F)(F)F. The molecule has 0 aromatic heterocycles. The predicted molar refractivity (Wildman–Crippen MR) is 95.5 cm³/mol. The van der Waals surface area contributed by atoms with E-state index in [0.717, 1.165) is 12.0 Å². The third-order valence-corrected chi connectivity index (χ3v) is 5.33. The van der Waals surface area contributed by atoms with Crippen molar-refractivity contribution in [1.82, 2.24) is 0 Å². The maximum atomic E-state index is 12.9. The summed E-state index contributed by atoms with van der Waals surface area (Å²) in [5.74, 6) is 1.28. The molecule has 0 radical (unpaired) electrons. The van der Waals surface area contributed by atoms with Gasteiger partial charge in [-0.15, -0.1) is 13.2 Å². The third kappa shape index (κ3) is 5.68. The fourth-order valence-corrected chi connectivity index (χ4v) is 3.60. The molecule has 0 unspecified atom stereocenters. The van der Waals surface area contributed by atoms with Gasteiger partial charge in [0, 0.05) is 0 Å². The summed E-state index contributed by atoms with van der Waals surface area (Å²) in [5.41, 5.74) is 1.34. The van der Waals surface area contributed by atoms with Crippen LogP contribution in [0.2, 0.25) is 0 Å². The third-order valence-electron chi connectivity index (χ3n) is 5.33. The van der Waals surface area contributed by atoms with Crippen molar-refractivity contribution in [2.75, 3.05) is 6.61 Å². The maximum Gasteiger partial charge on any atom is 0.573 e. The van der Waals surface area contributed by atoms with Gasteiger partial charge in [-0.2, -0.15) is 0 Å². The Balaban J connectivity index is 1.69. The van der Waals surface area contributed by atoms with E-state index in [1.54, 1.807) is 13.0 Å². The van der Waals surface area contributed by atoms with E-state index in [9.17, 15) is 13.2 Å². The van der Waals surface area contributed by atoms with E-state index in [0.29, 0.717) is 30.4 Å². The largest absolute Gasteiger partial charge is 0.573 e. The van der Waals surface area contributed by atoms with E-state index >= 15 is 0 Å². The van der Waals surface area contributed by atoms with Crippen LogP contribution in [0.15, 0.2) is 24.3 Å². The quantitative estimate of drug-likeness (QED) is 0.497. The normalized spacial score (nSPS) is 18.6. The lowest BCUT2D eigenvalue weighted by Crippen LogP contribution is -2.19. The van der Waals surface area contributed by atoms with Crippen LogP contribution >= 0.6 is 0 Å². The topological polar surface area (TPSA) is 18.5 Å². The fourth-order valence-electron chi connectivity index (χ4n) is 3.60. The van der Waals surface area contributed by atoms with Gasteiger partial charge in [-0.25, -0.2) is 0 Å². The summed E-state index contributed by atoms with van der Waals surface area (Å²) in [4.78, 5) is 0. The first-order chi connectivity index (χ1) is 12.4. The summed E-state index contributed by atoms with van der Waals surface area (Å²) in [6.07, 6.45) is 8.27. The standard InChI is InChI=1S/C21H27F3O2/c1-15-18(8-4-7-17-9-10-17)11-12-19(20(15)26-21(22,23)24)25-14-13-16-5-2-3-6-16/h4,7,11-12,16-17H,2-3,5-6,8-10,13-14H2,1H3/b7-4+. The minimum absolute atomic E-state index is 0.188. The van der Waals surface area contributed by atoms with Gasteiger partial charge >= 0.3 is 6.36 Å². The molecule has 144 valence electrons. The molecule has 0 heterocycles. The lowest BCUT2D eigenvalue weighted by molar-refractivity contribution is -0.275. The molecule has 0 N–H and O–H groups in total. The molecule has 2 saturated carbocycles. The summed E-state index contributed by atoms with van der Waals surface area (Å²) < 4.78 is 48.6. The van der Waals surface area contributed by atoms with Gasteiger partial charge in [0.25, 0.3) is 0 Å². The highest BCUT2D eigenvalue weighted by atomic mass is 19.4. The summed E-state index contributed by atoms with van der Waals surface area (Å²) in [5, 5.41) is 0. The van der Waals surface area contributed by atoms with Crippen LogP contribution in [0.25, 0.3) is 0 Å². The van der Waals surface area contributed by atoms with Gasteiger partial charge in [-0.1, -0.05) is 43.9 Å². The second kappa shape index (κ2) is 8.36. The Kier molecular flexibility index (Phi) is 6.15. The lowest BCUT2D eigenvalue weighted by atomic mass is 10.0. The number of alkyl halides is 3. The van der Waals surface area contributed by atoms with Crippen molar-refractivity contribution in [1.29, 1.82) is 0 Å². The van der Waals surface area contributed by atoms with Crippen molar-refractivity contribution in [3.63, 3.8) is 0 Å². The highest BCUT2D eigenvalue weighted by Gasteiger charge is 2.33. The Morgan fingerprint density at radius 1 is 1.12 bits per heavy atom. The zero-order chi connectivity index (χ0) is 18.6. The molecule has 0 atom stereocenters. The minimum Gasteiger partial charge on any atom is -0.490 e. The minimum atomic E-state index is -4.73. The second-order valence-electron chi connectivity index (χ2n) is 7.48. The van der Waals surface area contributed by atoms with Crippen molar-refractivity contribution in [3.8, 4) is 11.5 Å². The highest BCUT2D eigenvalue weighted by Crippen LogP contribution is 2.38. The van der Waals surface area contributed by atoms with Crippen LogP contribution < -0.4 is 9.47 Å². The number of benzene rings is 1. The van der Waals surface area contributed by atoms with Crippen LogP contribution in [-0.2, 0) is 6.42 Å². The molecule has 2 aliphatic rings. The molecule has 0 aliphatic heterocycles. The van der Waals surface area contributed by atoms with Crippen LogP contribution in [0.1, 0.15) is 56.1 Å². The van der Waals surface area contributed by atoms with Gasteiger partial charge in [-0.05, 0) is 61.6 Å². The zero-order valence-corrected chi connectivity index (χ0v) is 15.3. The number of hydrogen-bond donors (Lipinski definition) is 0. The van der Waals surface area contributed by atoms with Crippen LogP contribution in [0.3, 0.4) is 0 Å². The van der Waals surface area contributed by atoms with E-state index in [-0.39, 0.29) is 11.5 Å². The Bertz CT molecular complexity index is 627. The number of allylic oxidation sites excluding steroid dienone is 2. The van der Waals surface area contributed by atoms with Crippen molar-refractivity contribution in [2.45, 2.75) is 64.7 Å². The highest BCUT2D eigenvalue weighted by molar-refractivity contribution is 5.50. The molecule has 2 aliphatic carbocycles. The molecule has 1 aromatic rings. The summed E-state index contributed by atoms with van der Waals surface area (Å²) >= 11 is 0. The van der Waals surface area contributed by atoms with E-state index in [2.05, 4.69) is 10.8 Å². The van der Waals surface area contributed by atoms with Gasteiger partial charge in [0.1, 0.15) is 0 Å². The first-order valence-corrected chi connectivity index (χ1v) is 9.60. The molecule has 2 nitrogen and oxygen atoms in total. The number of halogens is 3. The Hall–Kier alpha value is -1.65. The van der Waals surface area contributed by atoms with Crippen LogP contribution in [-0.4, -0.2) is 13.0 Å². The van der Waals surface area contributed by atoms with Crippen LogP contribution in [0.5, 0.6) is 11.5 Å². The van der Waals surface area contributed by atoms with Crippen LogP contribution in [0.4, 0.5) is 13.2 Å². The first kappa shape index (κ1) is 19.1. The molecule has 0 spiro atoms. The summed E-state index contributed by atoms with van der Waals surface area (Å²) in [7, 11) is 0. The summed E-state index contributed by atoms with van der Waals surface area (Å²) in [6.45, 7) is 2.10. The zero-order valence-electron chi connectivity index (χ0n) is 15.3. The van der Waals surface area contributed by atoms with Gasteiger partial charge in [-0.3, -0.25) is 0 Å². The van der Waals surface area contributed by atoms with Crippen molar-refractivity contribution in [2.24, 2.45) is 11.8 Å². The number of hydrogen-bond acceptors (Lipinski definition) is 2. The average molecular weight is 368 g/mol. The Morgan fingerprint density at radius 3 is 2.50 bits per heavy atom. The van der Waals surface area contributed by atoms with Gasteiger partial charge in [0.05, 0.1) is 6.61 Å². The Morgan fingerprint density at radius 2 is 1.85 bits per heavy atom. The monoisotopic (exact) mass is 368 g/mol. The molecule has 5 heteroatoms. The van der Waals surface area contributed by atoms with E-state index in [1.165, 1.54) is 38.5 Å². The van der Waals surface area contributed by atoms with E-state index < -0.39 is 6.36 Å². The molecule has 0 saturated heterocycles. The first-order valence-electron chi connectivity index (χ1n) is 9.60.